The van der Waals surface area contributed by atoms with E-state index in [4.69, 9.17) is 4.74 Å². The molecule has 0 bridgehead atoms. The fourth-order valence-electron chi connectivity index (χ4n) is 3.58. The average molecular weight is 342 g/mol. The van der Waals surface area contributed by atoms with Gasteiger partial charge in [0.05, 0.1) is 12.0 Å². The Kier molecular flexibility index (Phi) is 4.89. The molecule has 3 rings (SSSR count). The number of benzene rings is 1. The van der Waals surface area contributed by atoms with E-state index in [2.05, 4.69) is 9.62 Å². The minimum absolute atomic E-state index is 0.0371. The summed E-state index contributed by atoms with van der Waals surface area (Å²) in [5.41, 5.74) is 0. The Bertz CT molecular complexity index is 659. The Labute approximate surface area is 136 Å². The van der Waals surface area contributed by atoms with Gasteiger partial charge in [-0.05, 0) is 31.4 Å². The lowest BCUT2D eigenvalue weighted by Crippen LogP contribution is -2.39. The van der Waals surface area contributed by atoms with Gasteiger partial charge < -0.3 is 4.74 Å². The molecule has 7 heteroatoms. The van der Waals surface area contributed by atoms with Crippen molar-refractivity contribution in [1.29, 1.82) is 0 Å². The molecule has 2 aliphatic rings. The largest absolute Gasteiger partial charge is 0.494 e. The van der Waals surface area contributed by atoms with Gasteiger partial charge in [-0.25, -0.2) is 17.5 Å². The average Bonchev–Trinajstić information content (AvgIpc) is 3.18. The number of sulfonamides is 1. The summed E-state index contributed by atoms with van der Waals surface area (Å²) >= 11 is 0. The maximum absolute atomic E-state index is 13.4. The van der Waals surface area contributed by atoms with Crippen molar-refractivity contribution in [2.75, 3.05) is 20.2 Å². The lowest BCUT2D eigenvalue weighted by molar-refractivity contribution is 0.242. The molecule has 1 unspecified atom stereocenters. The van der Waals surface area contributed by atoms with Crippen LogP contribution in [0.4, 0.5) is 4.39 Å². The molecule has 23 heavy (non-hydrogen) atoms. The van der Waals surface area contributed by atoms with Crippen LogP contribution in [-0.2, 0) is 10.0 Å². The van der Waals surface area contributed by atoms with Gasteiger partial charge in [0.15, 0.2) is 11.6 Å². The van der Waals surface area contributed by atoms with Crippen LogP contribution in [0.25, 0.3) is 0 Å². The van der Waals surface area contributed by atoms with Gasteiger partial charge in [0, 0.05) is 31.2 Å². The number of nitrogens with one attached hydrogen (secondary N) is 1. The minimum atomic E-state index is -3.66. The number of methoxy groups -OCH3 is 1. The normalized spacial score (nSPS) is 23.5. The second kappa shape index (κ2) is 6.75. The Morgan fingerprint density at radius 3 is 2.70 bits per heavy atom. The van der Waals surface area contributed by atoms with E-state index in [1.807, 2.05) is 0 Å². The highest BCUT2D eigenvalue weighted by Crippen LogP contribution is 2.27. The van der Waals surface area contributed by atoms with Crippen LogP contribution < -0.4 is 9.46 Å². The first-order chi connectivity index (χ1) is 11.0. The van der Waals surface area contributed by atoms with Gasteiger partial charge in [0.2, 0.25) is 10.0 Å². The van der Waals surface area contributed by atoms with E-state index in [-0.39, 0.29) is 16.7 Å². The first-order valence-electron chi connectivity index (χ1n) is 8.09. The van der Waals surface area contributed by atoms with Crippen LogP contribution in [0.5, 0.6) is 5.75 Å². The Morgan fingerprint density at radius 1 is 1.26 bits per heavy atom. The summed E-state index contributed by atoms with van der Waals surface area (Å²) in [6.07, 6.45) is 5.79. The molecular weight excluding hydrogens is 319 g/mol. The highest BCUT2D eigenvalue weighted by molar-refractivity contribution is 7.89. The fraction of sp³-hybridized carbons (Fsp3) is 0.625. The van der Waals surface area contributed by atoms with E-state index in [0.717, 1.165) is 25.6 Å². The van der Waals surface area contributed by atoms with Crippen molar-refractivity contribution < 1.29 is 17.5 Å². The van der Waals surface area contributed by atoms with Crippen molar-refractivity contribution in [1.82, 2.24) is 9.62 Å². The Balaban J connectivity index is 1.67. The van der Waals surface area contributed by atoms with Crippen LogP contribution in [0.3, 0.4) is 0 Å². The first-order valence-corrected chi connectivity index (χ1v) is 9.58. The Hall–Kier alpha value is -1.18. The number of nitrogens with zero attached hydrogens (tertiary/aromatic N) is 1. The predicted octanol–water partition coefficient (Wildman–Crippen LogP) is 2.13. The monoisotopic (exact) mass is 342 g/mol. The van der Waals surface area contributed by atoms with Crippen LogP contribution in [0.1, 0.15) is 32.1 Å². The zero-order chi connectivity index (χ0) is 16.4. The van der Waals surface area contributed by atoms with Crippen molar-refractivity contribution >= 4 is 10.0 Å². The molecule has 128 valence electrons. The first kappa shape index (κ1) is 16.7. The molecule has 1 atom stereocenters. The quantitative estimate of drug-likeness (QED) is 0.891. The predicted molar refractivity (Wildman–Crippen MR) is 85.5 cm³/mol. The summed E-state index contributed by atoms with van der Waals surface area (Å²) < 4.78 is 46.0. The van der Waals surface area contributed by atoms with E-state index in [0.29, 0.717) is 6.04 Å². The summed E-state index contributed by atoms with van der Waals surface area (Å²) in [6, 6.07) is 4.13. The fourth-order valence-corrected chi connectivity index (χ4v) is 4.86. The van der Waals surface area contributed by atoms with Crippen molar-refractivity contribution in [3.63, 3.8) is 0 Å². The molecule has 0 amide bonds. The smallest absolute Gasteiger partial charge is 0.241 e. The molecule has 1 saturated heterocycles. The highest BCUT2D eigenvalue weighted by Gasteiger charge is 2.32. The zero-order valence-electron chi connectivity index (χ0n) is 13.3. The molecule has 1 aliphatic heterocycles. The SMILES string of the molecule is COc1cc(S(=O)(=O)NC2CCN(C3CCCC3)C2)ccc1F. The lowest BCUT2D eigenvalue weighted by Gasteiger charge is -2.23. The minimum Gasteiger partial charge on any atom is -0.494 e. The number of hydrogen-bond donors (Lipinski definition) is 1. The number of halogens is 1. The third-order valence-corrected chi connectivity index (χ3v) is 6.33. The number of likely N-dealkylation sites (tertiary alicyclic amines) is 1. The van der Waals surface area contributed by atoms with Crippen molar-refractivity contribution in [3.05, 3.63) is 24.0 Å². The van der Waals surface area contributed by atoms with Gasteiger partial charge in [-0.2, -0.15) is 0 Å². The molecule has 0 spiro atoms. The van der Waals surface area contributed by atoms with Gasteiger partial charge in [-0.1, -0.05) is 12.8 Å². The maximum atomic E-state index is 13.4. The summed E-state index contributed by atoms with van der Waals surface area (Å²) in [5, 5.41) is 0. The maximum Gasteiger partial charge on any atom is 0.241 e. The topological polar surface area (TPSA) is 58.6 Å². The molecule has 5 nitrogen and oxygen atoms in total. The molecular formula is C16H23FN2O3S. The molecule has 1 aromatic carbocycles. The van der Waals surface area contributed by atoms with Gasteiger partial charge in [-0.3, -0.25) is 4.90 Å². The number of hydrogen-bond acceptors (Lipinski definition) is 4. The van der Waals surface area contributed by atoms with Crippen LogP contribution >= 0.6 is 0 Å². The molecule has 1 N–H and O–H groups in total. The summed E-state index contributed by atoms with van der Waals surface area (Å²) in [6.45, 7) is 1.69. The van der Waals surface area contributed by atoms with E-state index in [1.165, 1.54) is 44.9 Å². The number of ether oxygens (including phenoxy) is 1. The zero-order valence-corrected chi connectivity index (χ0v) is 14.1. The number of rotatable bonds is 5. The van der Waals surface area contributed by atoms with Crippen LogP contribution in [0, 0.1) is 5.82 Å². The van der Waals surface area contributed by atoms with Crippen molar-refractivity contribution in [3.8, 4) is 5.75 Å². The summed E-state index contributed by atoms with van der Waals surface area (Å²) in [4.78, 5) is 2.43. The Morgan fingerprint density at radius 2 is 2.00 bits per heavy atom. The molecule has 0 aromatic heterocycles. The van der Waals surface area contributed by atoms with Crippen LogP contribution in [0.15, 0.2) is 23.1 Å². The molecule has 1 aromatic rings. The van der Waals surface area contributed by atoms with E-state index in [9.17, 15) is 12.8 Å². The molecule has 1 aliphatic carbocycles. The molecule has 2 fully saturated rings. The van der Waals surface area contributed by atoms with E-state index >= 15 is 0 Å². The van der Waals surface area contributed by atoms with Crippen LogP contribution in [0.2, 0.25) is 0 Å². The van der Waals surface area contributed by atoms with E-state index < -0.39 is 15.8 Å². The van der Waals surface area contributed by atoms with Crippen molar-refractivity contribution in [2.24, 2.45) is 0 Å². The lowest BCUT2D eigenvalue weighted by atomic mass is 10.2. The van der Waals surface area contributed by atoms with Crippen molar-refractivity contribution in [2.45, 2.75) is 49.1 Å². The highest BCUT2D eigenvalue weighted by atomic mass is 32.2. The standard InChI is InChI=1S/C16H23FN2O3S/c1-22-16-10-14(6-7-15(16)17)23(20,21)18-12-8-9-19(11-12)13-4-2-3-5-13/h6-7,10,12-13,18H,2-5,8-9,11H2,1H3. The van der Waals surface area contributed by atoms with Gasteiger partial charge >= 0.3 is 0 Å². The third-order valence-electron chi connectivity index (χ3n) is 4.82. The van der Waals surface area contributed by atoms with Gasteiger partial charge in [0.1, 0.15) is 0 Å². The molecule has 1 heterocycles. The van der Waals surface area contributed by atoms with Gasteiger partial charge in [0.25, 0.3) is 0 Å². The second-order valence-electron chi connectivity index (χ2n) is 6.34. The van der Waals surface area contributed by atoms with Crippen LogP contribution in [-0.4, -0.2) is 45.6 Å². The second-order valence-corrected chi connectivity index (χ2v) is 8.05. The summed E-state index contributed by atoms with van der Waals surface area (Å²) in [5.74, 6) is -0.633. The molecule has 1 saturated carbocycles. The summed E-state index contributed by atoms with van der Waals surface area (Å²) in [7, 11) is -2.35. The van der Waals surface area contributed by atoms with E-state index in [1.54, 1.807) is 0 Å². The third kappa shape index (κ3) is 3.67. The van der Waals surface area contributed by atoms with Gasteiger partial charge in [-0.15, -0.1) is 0 Å². The molecule has 0 radical (unpaired) electrons.